The minimum atomic E-state index is -0.830. The van der Waals surface area contributed by atoms with Crippen molar-refractivity contribution < 1.29 is 19.1 Å². The van der Waals surface area contributed by atoms with E-state index in [2.05, 4.69) is 5.32 Å². The van der Waals surface area contributed by atoms with Crippen LogP contribution in [0.2, 0.25) is 5.02 Å². The predicted octanol–water partition coefficient (Wildman–Crippen LogP) is 1.90. The van der Waals surface area contributed by atoms with E-state index in [1.54, 1.807) is 0 Å². The number of benzene rings is 2. The molecule has 6 nitrogen and oxygen atoms in total. The lowest BCUT2D eigenvalue weighted by molar-refractivity contribution is -0.119. The lowest BCUT2D eigenvalue weighted by atomic mass is 10.0. The van der Waals surface area contributed by atoms with E-state index in [4.69, 9.17) is 26.8 Å². The number of fused-ring (bicyclic) bond motifs is 1. The molecule has 0 unspecified atom stereocenters. The van der Waals surface area contributed by atoms with E-state index in [-0.39, 0.29) is 17.4 Å². The number of nitrogens with two attached hydrogens (primary N) is 1. The Morgan fingerprint density at radius 1 is 1.21 bits per heavy atom. The third-order valence-electron chi connectivity index (χ3n) is 3.62. The highest BCUT2D eigenvalue weighted by Crippen LogP contribution is 2.39. The van der Waals surface area contributed by atoms with E-state index in [0.717, 1.165) is 5.56 Å². The van der Waals surface area contributed by atoms with Crippen LogP contribution in [-0.4, -0.2) is 24.6 Å². The Kier molecular flexibility index (Phi) is 4.57. The topological polar surface area (TPSA) is 90.7 Å². The molecule has 3 rings (SSSR count). The SMILES string of the molecule is NC(=O)[C@H](Cc1ccccc1)NC(=O)c1cc(Cl)c2c(c1)OCO2. The van der Waals surface area contributed by atoms with E-state index in [9.17, 15) is 9.59 Å². The van der Waals surface area contributed by atoms with Crippen LogP contribution in [0.25, 0.3) is 0 Å². The fourth-order valence-electron chi connectivity index (χ4n) is 2.41. The van der Waals surface area contributed by atoms with Gasteiger partial charge in [-0.15, -0.1) is 0 Å². The first-order valence-corrected chi connectivity index (χ1v) is 7.65. The normalized spacial score (nSPS) is 13.4. The smallest absolute Gasteiger partial charge is 0.252 e. The molecule has 2 amide bonds. The van der Waals surface area contributed by atoms with Gasteiger partial charge in [0, 0.05) is 12.0 Å². The van der Waals surface area contributed by atoms with Gasteiger partial charge in [-0.1, -0.05) is 41.9 Å². The Hall–Kier alpha value is -2.73. The Morgan fingerprint density at radius 2 is 1.96 bits per heavy atom. The van der Waals surface area contributed by atoms with Crippen molar-refractivity contribution in [3.8, 4) is 11.5 Å². The van der Waals surface area contributed by atoms with E-state index in [1.165, 1.54) is 12.1 Å². The minimum absolute atomic E-state index is 0.0536. The lowest BCUT2D eigenvalue weighted by Gasteiger charge is -2.16. The first kappa shape index (κ1) is 16.1. The van der Waals surface area contributed by atoms with Crippen LogP contribution in [0.3, 0.4) is 0 Å². The van der Waals surface area contributed by atoms with Gasteiger partial charge in [0.05, 0.1) is 5.02 Å². The summed E-state index contributed by atoms with van der Waals surface area (Å²) in [4.78, 5) is 24.1. The summed E-state index contributed by atoms with van der Waals surface area (Å²) >= 11 is 6.07. The molecule has 0 saturated carbocycles. The molecule has 2 aromatic carbocycles. The highest BCUT2D eigenvalue weighted by Gasteiger charge is 2.23. The predicted molar refractivity (Wildman–Crippen MR) is 88.2 cm³/mol. The van der Waals surface area contributed by atoms with Crippen molar-refractivity contribution in [1.82, 2.24) is 5.32 Å². The summed E-state index contributed by atoms with van der Waals surface area (Å²) in [6.45, 7) is 0.0536. The fraction of sp³-hybridized carbons (Fsp3) is 0.176. The molecule has 1 aliphatic rings. The van der Waals surface area contributed by atoms with Gasteiger partial charge >= 0.3 is 0 Å². The van der Waals surface area contributed by atoms with Gasteiger partial charge in [-0.05, 0) is 17.7 Å². The number of carbonyl (C=O) groups is 2. The first-order valence-electron chi connectivity index (χ1n) is 7.28. The van der Waals surface area contributed by atoms with Crippen LogP contribution < -0.4 is 20.5 Å². The zero-order valence-corrected chi connectivity index (χ0v) is 13.4. The van der Waals surface area contributed by atoms with Crippen LogP contribution in [0, 0.1) is 0 Å². The Bertz CT molecular complexity index is 780. The van der Waals surface area contributed by atoms with E-state index < -0.39 is 17.9 Å². The molecule has 3 N–H and O–H groups in total. The third-order valence-corrected chi connectivity index (χ3v) is 3.90. The summed E-state index contributed by atoms with van der Waals surface area (Å²) in [6.07, 6.45) is 0.306. The van der Waals surface area contributed by atoms with Gasteiger partial charge < -0.3 is 20.5 Å². The summed E-state index contributed by atoms with van der Waals surface area (Å²) < 4.78 is 10.4. The van der Waals surface area contributed by atoms with Crippen LogP contribution in [0.4, 0.5) is 0 Å². The van der Waals surface area contributed by atoms with Crippen molar-refractivity contribution in [2.75, 3.05) is 6.79 Å². The van der Waals surface area contributed by atoms with Gasteiger partial charge in [0.2, 0.25) is 12.7 Å². The maximum absolute atomic E-state index is 12.4. The number of primary amides is 1. The van der Waals surface area contributed by atoms with Gasteiger partial charge in [-0.3, -0.25) is 9.59 Å². The monoisotopic (exact) mass is 346 g/mol. The lowest BCUT2D eigenvalue weighted by Crippen LogP contribution is -2.45. The molecule has 0 spiro atoms. The molecule has 2 aromatic rings. The molecule has 124 valence electrons. The number of carbonyl (C=O) groups excluding carboxylic acids is 2. The molecule has 0 radical (unpaired) electrons. The molecule has 0 aliphatic carbocycles. The van der Waals surface area contributed by atoms with Gasteiger partial charge in [-0.2, -0.15) is 0 Å². The highest BCUT2D eigenvalue weighted by molar-refractivity contribution is 6.32. The second kappa shape index (κ2) is 6.80. The van der Waals surface area contributed by atoms with Crippen molar-refractivity contribution in [3.63, 3.8) is 0 Å². The number of hydrogen-bond acceptors (Lipinski definition) is 4. The van der Waals surface area contributed by atoms with Gasteiger partial charge in [0.1, 0.15) is 6.04 Å². The number of amides is 2. The first-order chi connectivity index (χ1) is 11.5. The second-order valence-electron chi connectivity index (χ2n) is 5.31. The third kappa shape index (κ3) is 3.44. The van der Waals surface area contributed by atoms with Crippen molar-refractivity contribution >= 4 is 23.4 Å². The summed E-state index contributed by atoms with van der Waals surface area (Å²) in [7, 11) is 0. The molecule has 1 atom stereocenters. The maximum atomic E-state index is 12.4. The van der Waals surface area contributed by atoms with Crippen LogP contribution >= 0.6 is 11.6 Å². The van der Waals surface area contributed by atoms with Crippen molar-refractivity contribution in [2.24, 2.45) is 5.73 Å². The quantitative estimate of drug-likeness (QED) is 0.865. The molecule has 1 heterocycles. The second-order valence-corrected chi connectivity index (χ2v) is 5.72. The zero-order valence-electron chi connectivity index (χ0n) is 12.6. The van der Waals surface area contributed by atoms with Gasteiger partial charge in [0.25, 0.3) is 5.91 Å². The van der Waals surface area contributed by atoms with E-state index in [1.807, 2.05) is 30.3 Å². The zero-order chi connectivity index (χ0) is 17.1. The highest BCUT2D eigenvalue weighted by atomic mass is 35.5. The average Bonchev–Trinajstić information content (AvgIpc) is 3.04. The molecule has 24 heavy (non-hydrogen) atoms. The molecule has 0 bridgehead atoms. The van der Waals surface area contributed by atoms with Crippen molar-refractivity contribution in [2.45, 2.75) is 12.5 Å². The Labute approximate surface area is 143 Å². The molecule has 7 heteroatoms. The molecular weight excluding hydrogens is 332 g/mol. The largest absolute Gasteiger partial charge is 0.454 e. The average molecular weight is 347 g/mol. The van der Waals surface area contributed by atoms with Crippen LogP contribution in [0.5, 0.6) is 11.5 Å². The number of hydrogen-bond donors (Lipinski definition) is 2. The van der Waals surface area contributed by atoms with Crippen LogP contribution in [0.1, 0.15) is 15.9 Å². The summed E-state index contributed by atoms with van der Waals surface area (Å²) in [5.41, 5.74) is 6.57. The standard InChI is InChI=1S/C17H15ClN2O4/c18-12-7-11(8-14-15(12)24-9-23-14)17(22)20-13(16(19)21)6-10-4-2-1-3-5-10/h1-5,7-8,13H,6,9H2,(H2,19,21)(H,20,22)/t13-/m0/s1. The molecule has 0 saturated heterocycles. The molecule has 0 aromatic heterocycles. The summed E-state index contributed by atoms with van der Waals surface area (Å²) in [5.74, 6) is -0.274. The number of rotatable bonds is 5. The molecule has 1 aliphatic heterocycles. The number of halogens is 1. The summed E-state index contributed by atoms with van der Waals surface area (Å²) in [6, 6.07) is 11.5. The Balaban J connectivity index is 1.77. The van der Waals surface area contributed by atoms with Crippen molar-refractivity contribution in [3.05, 3.63) is 58.6 Å². The molecular formula is C17H15ClN2O4. The Morgan fingerprint density at radius 3 is 2.67 bits per heavy atom. The van der Waals surface area contributed by atoms with E-state index >= 15 is 0 Å². The summed E-state index contributed by atoms with van der Waals surface area (Å²) in [5, 5.41) is 2.90. The van der Waals surface area contributed by atoms with E-state index in [0.29, 0.717) is 17.9 Å². The number of ether oxygens (including phenoxy) is 2. The van der Waals surface area contributed by atoms with Gasteiger partial charge in [0.15, 0.2) is 11.5 Å². The minimum Gasteiger partial charge on any atom is -0.454 e. The number of nitrogens with one attached hydrogen (secondary N) is 1. The van der Waals surface area contributed by atoms with Crippen LogP contribution in [0.15, 0.2) is 42.5 Å². The van der Waals surface area contributed by atoms with Crippen molar-refractivity contribution in [1.29, 1.82) is 0 Å². The van der Waals surface area contributed by atoms with Crippen LogP contribution in [-0.2, 0) is 11.2 Å². The maximum Gasteiger partial charge on any atom is 0.252 e. The molecule has 0 fully saturated rings. The fourth-order valence-corrected chi connectivity index (χ4v) is 2.68. The van der Waals surface area contributed by atoms with Gasteiger partial charge in [-0.25, -0.2) is 0 Å².